The summed E-state index contributed by atoms with van der Waals surface area (Å²) in [6, 6.07) is 3.20. The van der Waals surface area contributed by atoms with Crippen molar-refractivity contribution in [1.82, 2.24) is 4.90 Å². The van der Waals surface area contributed by atoms with E-state index in [9.17, 15) is 14.8 Å². The Morgan fingerprint density at radius 3 is 2.81 bits per heavy atom. The van der Waals surface area contributed by atoms with Crippen LogP contribution in [0.15, 0.2) is 30.5 Å². The summed E-state index contributed by atoms with van der Waals surface area (Å²) < 4.78 is 5.70. The highest BCUT2D eigenvalue weighted by Crippen LogP contribution is 2.03. The fourth-order valence-corrected chi connectivity index (χ4v) is 1.89. The summed E-state index contributed by atoms with van der Waals surface area (Å²) in [5.74, 6) is -0.636. The Balaban J connectivity index is 1.93. The number of ether oxygens (including phenoxy) is 1. The van der Waals surface area contributed by atoms with E-state index in [1.54, 1.807) is 17.0 Å². The largest absolute Gasteiger partial charge is 0.711 e. The van der Waals surface area contributed by atoms with Gasteiger partial charge >= 0.3 is 5.91 Å². The molecular weight excluding hydrogens is 274 g/mol. The Kier molecular flexibility index (Phi) is 4.89. The van der Waals surface area contributed by atoms with E-state index in [4.69, 9.17) is 4.74 Å². The molecule has 2 rings (SSSR count). The molecule has 0 aromatic carbocycles. The fraction of sp³-hybridized carbons (Fsp3) is 0.357. The molecule has 0 unspecified atom stereocenters. The van der Waals surface area contributed by atoms with E-state index in [0.717, 1.165) is 11.6 Å². The second-order valence-corrected chi connectivity index (χ2v) is 4.68. The standard InChI is InChI=1S/C14H17N3O4/c1-11-4-5-17(20)12(10-11)15-13(18)2-3-14(19)16-6-8-21-9-7-16/h2-5,10H,6-9H2,1H3,(H,15,18). The molecule has 1 aromatic heterocycles. The number of amides is 2. The minimum absolute atomic E-state index is 0.128. The van der Waals surface area contributed by atoms with E-state index >= 15 is 0 Å². The molecule has 2 heterocycles. The molecule has 7 nitrogen and oxygen atoms in total. The molecule has 112 valence electrons. The average molecular weight is 291 g/mol. The lowest BCUT2D eigenvalue weighted by Crippen LogP contribution is -2.39. The zero-order valence-electron chi connectivity index (χ0n) is 11.7. The average Bonchev–Trinajstić information content (AvgIpc) is 2.49. The SMILES string of the molecule is Cc1cc[n+]([O-])c(NC(=O)C=CC(=O)N2CCOCC2)c1. The normalized spacial score (nSPS) is 15.2. The van der Waals surface area contributed by atoms with Crippen LogP contribution in [-0.2, 0) is 14.3 Å². The van der Waals surface area contributed by atoms with Gasteiger partial charge in [-0.3, -0.25) is 4.79 Å². The second kappa shape index (κ2) is 6.85. The van der Waals surface area contributed by atoms with Crippen LogP contribution in [0.3, 0.4) is 0 Å². The molecule has 1 aliphatic heterocycles. The van der Waals surface area contributed by atoms with Gasteiger partial charge in [0.25, 0.3) is 5.82 Å². The molecule has 0 atom stereocenters. The van der Waals surface area contributed by atoms with Crippen molar-refractivity contribution in [1.29, 1.82) is 0 Å². The van der Waals surface area contributed by atoms with E-state index in [2.05, 4.69) is 5.32 Å². The van der Waals surface area contributed by atoms with Crippen LogP contribution in [0.25, 0.3) is 0 Å². The summed E-state index contributed by atoms with van der Waals surface area (Å²) >= 11 is 0. The molecule has 2 amide bonds. The maximum Gasteiger partial charge on any atom is 0.331 e. The summed E-state index contributed by atoms with van der Waals surface area (Å²) in [5, 5.41) is 13.9. The molecule has 1 saturated heterocycles. The van der Waals surface area contributed by atoms with Gasteiger partial charge in [-0.1, -0.05) is 0 Å². The van der Waals surface area contributed by atoms with Crippen molar-refractivity contribution in [3.05, 3.63) is 41.3 Å². The number of aromatic nitrogens is 1. The van der Waals surface area contributed by atoms with Crippen molar-refractivity contribution in [3.63, 3.8) is 0 Å². The third-order valence-electron chi connectivity index (χ3n) is 3.03. The maximum absolute atomic E-state index is 11.8. The highest BCUT2D eigenvalue weighted by Gasteiger charge is 2.15. The van der Waals surface area contributed by atoms with Crippen LogP contribution in [-0.4, -0.2) is 43.0 Å². The number of carbonyl (C=O) groups is 2. The molecule has 0 spiro atoms. The molecule has 0 aliphatic carbocycles. The Bertz CT molecular complexity index is 565. The smallest absolute Gasteiger partial charge is 0.331 e. The summed E-state index contributed by atoms with van der Waals surface area (Å²) in [5.41, 5.74) is 0.853. The van der Waals surface area contributed by atoms with E-state index in [0.29, 0.717) is 31.0 Å². The minimum Gasteiger partial charge on any atom is -0.711 e. The zero-order valence-corrected chi connectivity index (χ0v) is 11.7. The Labute approximate surface area is 122 Å². The van der Waals surface area contributed by atoms with E-state index in [1.807, 2.05) is 6.92 Å². The number of pyridine rings is 1. The predicted molar refractivity (Wildman–Crippen MR) is 75.3 cm³/mol. The molecule has 1 fully saturated rings. The number of hydrogen-bond donors (Lipinski definition) is 1. The van der Waals surface area contributed by atoms with Crippen molar-refractivity contribution in [2.45, 2.75) is 6.92 Å². The van der Waals surface area contributed by atoms with E-state index in [-0.39, 0.29) is 11.7 Å². The lowest BCUT2D eigenvalue weighted by molar-refractivity contribution is -0.590. The van der Waals surface area contributed by atoms with Gasteiger partial charge in [-0.25, -0.2) is 14.8 Å². The number of nitrogens with one attached hydrogen (secondary N) is 1. The predicted octanol–water partition coefficient (Wildman–Crippen LogP) is -0.0181. The molecule has 0 saturated carbocycles. The number of carbonyl (C=O) groups excluding carboxylic acids is 2. The number of hydrogen-bond acceptors (Lipinski definition) is 4. The first-order valence-electron chi connectivity index (χ1n) is 6.62. The molecule has 1 N–H and O–H groups in total. The zero-order chi connectivity index (χ0) is 15.2. The topological polar surface area (TPSA) is 85.6 Å². The van der Waals surface area contributed by atoms with Gasteiger partial charge in [-0.2, -0.15) is 0 Å². The number of nitrogens with zero attached hydrogens (tertiary/aromatic N) is 2. The highest BCUT2D eigenvalue weighted by atomic mass is 16.5. The van der Waals surface area contributed by atoms with Crippen LogP contribution in [0.2, 0.25) is 0 Å². The summed E-state index contributed by atoms with van der Waals surface area (Å²) in [6.07, 6.45) is 3.64. The van der Waals surface area contributed by atoms with Crippen molar-refractivity contribution >= 4 is 17.6 Å². The van der Waals surface area contributed by atoms with Crippen LogP contribution >= 0.6 is 0 Å². The molecule has 21 heavy (non-hydrogen) atoms. The Morgan fingerprint density at radius 2 is 2.10 bits per heavy atom. The second-order valence-electron chi connectivity index (χ2n) is 4.68. The van der Waals surface area contributed by atoms with Crippen LogP contribution in [0.4, 0.5) is 5.82 Å². The van der Waals surface area contributed by atoms with Crippen molar-refractivity contribution in [2.24, 2.45) is 0 Å². The van der Waals surface area contributed by atoms with Gasteiger partial charge in [0.15, 0.2) is 0 Å². The molecule has 1 aromatic rings. The van der Waals surface area contributed by atoms with E-state index in [1.165, 1.54) is 12.3 Å². The third-order valence-corrected chi connectivity index (χ3v) is 3.03. The maximum atomic E-state index is 11.8. The van der Waals surface area contributed by atoms with Crippen LogP contribution < -0.4 is 10.0 Å². The number of aryl methyl sites for hydroxylation is 1. The van der Waals surface area contributed by atoms with Crippen molar-refractivity contribution < 1.29 is 19.1 Å². The molecule has 1 aliphatic rings. The monoisotopic (exact) mass is 291 g/mol. The number of rotatable bonds is 3. The lowest BCUT2D eigenvalue weighted by atomic mass is 10.3. The van der Waals surface area contributed by atoms with Crippen molar-refractivity contribution in [2.75, 3.05) is 31.6 Å². The molecule has 7 heteroatoms. The van der Waals surface area contributed by atoms with Crippen LogP contribution in [0.1, 0.15) is 5.56 Å². The van der Waals surface area contributed by atoms with Crippen molar-refractivity contribution in [3.8, 4) is 0 Å². The molecular formula is C14H17N3O4. The van der Waals surface area contributed by atoms with Gasteiger partial charge in [0.1, 0.15) is 0 Å². The quantitative estimate of drug-likeness (QED) is 0.482. The minimum atomic E-state index is -0.521. The summed E-state index contributed by atoms with van der Waals surface area (Å²) in [6.45, 7) is 3.86. The molecule has 0 radical (unpaired) electrons. The Hall–Kier alpha value is -2.41. The molecule has 0 bridgehead atoms. The first-order valence-corrected chi connectivity index (χ1v) is 6.62. The summed E-state index contributed by atoms with van der Waals surface area (Å²) in [4.78, 5) is 25.1. The van der Waals surface area contributed by atoms with Gasteiger partial charge in [0, 0.05) is 31.3 Å². The van der Waals surface area contributed by atoms with Gasteiger partial charge in [0.2, 0.25) is 5.91 Å². The first-order chi connectivity index (χ1) is 10.1. The third kappa shape index (κ3) is 4.28. The lowest BCUT2D eigenvalue weighted by Gasteiger charge is -2.25. The Morgan fingerprint density at radius 1 is 1.38 bits per heavy atom. The van der Waals surface area contributed by atoms with Crippen LogP contribution in [0.5, 0.6) is 0 Å². The van der Waals surface area contributed by atoms with Crippen LogP contribution in [0, 0.1) is 12.1 Å². The highest BCUT2D eigenvalue weighted by molar-refractivity contribution is 6.02. The van der Waals surface area contributed by atoms with Gasteiger partial charge in [-0.05, 0) is 18.6 Å². The first kappa shape index (κ1) is 15.0. The summed E-state index contributed by atoms with van der Waals surface area (Å²) in [7, 11) is 0. The van der Waals surface area contributed by atoms with Gasteiger partial charge in [0.05, 0.1) is 19.4 Å². The van der Waals surface area contributed by atoms with E-state index < -0.39 is 5.91 Å². The number of morpholine rings is 1. The fourth-order valence-electron chi connectivity index (χ4n) is 1.89. The van der Waals surface area contributed by atoms with Gasteiger partial charge in [-0.15, -0.1) is 0 Å². The number of anilines is 1. The van der Waals surface area contributed by atoms with Gasteiger partial charge < -0.3 is 14.8 Å².